The average molecular weight is 427 g/mol. The van der Waals surface area contributed by atoms with Crippen LogP contribution in [0.25, 0.3) is 5.69 Å². The molecule has 0 saturated heterocycles. The second kappa shape index (κ2) is 8.68. The largest absolute Gasteiger partial charge is 0.365 e. The van der Waals surface area contributed by atoms with Crippen molar-refractivity contribution in [2.24, 2.45) is 11.5 Å². The van der Waals surface area contributed by atoms with Crippen LogP contribution in [0.15, 0.2) is 42.7 Å². The smallest absolute Gasteiger partial charge is 0.252 e. The topological polar surface area (TPSA) is 137 Å². The fourth-order valence-corrected chi connectivity index (χ4v) is 3.79. The lowest BCUT2D eigenvalue weighted by Gasteiger charge is -2.30. The Kier molecular flexibility index (Phi) is 5.82. The molecule has 156 valence electrons. The van der Waals surface area contributed by atoms with E-state index in [4.69, 9.17) is 23.1 Å². The number of carbonyl (C=O) groups is 1. The van der Waals surface area contributed by atoms with Gasteiger partial charge >= 0.3 is 0 Å². The van der Waals surface area contributed by atoms with Crippen LogP contribution in [0.1, 0.15) is 36.0 Å². The van der Waals surface area contributed by atoms with Crippen molar-refractivity contribution in [3.05, 3.63) is 53.3 Å². The molecular formula is C20H23ClN8O. The molecule has 3 aromatic rings. The minimum Gasteiger partial charge on any atom is -0.365 e. The van der Waals surface area contributed by atoms with Crippen LogP contribution in [0.2, 0.25) is 5.02 Å². The van der Waals surface area contributed by atoms with Crippen LogP contribution in [0.3, 0.4) is 0 Å². The van der Waals surface area contributed by atoms with Crippen LogP contribution < -0.4 is 22.1 Å². The van der Waals surface area contributed by atoms with Gasteiger partial charge in [-0.2, -0.15) is 15.0 Å². The fourth-order valence-electron chi connectivity index (χ4n) is 3.58. The molecule has 1 aliphatic carbocycles. The number of primary amides is 1. The maximum atomic E-state index is 12.0. The van der Waals surface area contributed by atoms with Crippen LogP contribution in [-0.2, 0) is 0 Å². The average Bonchev–Trinajstić information content (AvgIpc) is 3.27. The molecule has 1 aliphatic rings. The number of nitrogens with one attached hydrogen (secondary N) is 2. The number of amides is 1. The van der Waals surface area contributed by atoms with Gasteiger partial charge < -0.3 is 22.1 Å². The molecular weight excluding hydrogens is 404 g/mol. The Morgan fingerprint density at radius 2 is 1.90 bits per heavy atom. The molecule has 6 N–H and O–H groups in total. The normalized spacial score (nSPS) is 18.7. The van der Waals surface area contributed by atoms with Crippen LogP contribution in [0.5, 0.6) is 0 Å². The number of hydrogen-bond acceptors (Lipinski definition) is 7. The Bertz CT molecular complexity index is 1040. The van der Waals surface area contributed by atoms with Crippen molar-refractivity contribution in [1.82, 2.24) is 20.0 Å². The molecule has 4 rings (SSSR count). The first-order valence-corrected chi connectivity index (χ1v) is 10.2. The zero-order valence-electron chi connectivity index (χ0n) is 16.3. The lowest BCUT2D eigenvalue weighted by molar-refractivity contribution is 0.100. The van der Waals surface area contributed by atoms with E-state index in [-0.39, 0.29) is 17.6 Å². The Morgan fingerprint density at radius 3 is 2.63 bits per heavy atom. The molecule has 1 aromatic carbocycles. The zero-order chi connectivity index (χ0) is 21.1. The number of hydrogen-bond donors (Lipinski definition) is 4. The van der Waals surface area contributed by atoms with Gasteiger partial charge in [0.2, 0.25) is 0 Å². The summed E-state index contributed by atoms with van der Waals surface area (Å²) in [5.74, 6) is 0.151. The number of benzene rings is 1. The minimum absolute atomic E-state index is 0.0297. The maximum absolute atomic E-state index is 12.0. The zero-order valence-corrected chi connectivity index (χ0v) is 17.0. The first kappa shape index (κ1) is 20.1. The summed E-state index contributed by atoms with van der Waals surface area (Å²) in [6, 6.07) is 9.03. The van der Waals surface area contributed by atoms with E-state index < -0.39 is 5.91 Å². The summed E-state index contributed by atoms with van der Waals surface area (Å²) in [6.45, 7) is 0. The van der Waals surface area contributed by atoms with Gasteiger partial charge in [-0.15, -0.1) is 0 Å². The van der Waals surface area contributed by atoms with E-state index in [1.807, 2.05) is 24.3 Å². The number of halogens is 1. The highest BCUT2D eigenvalue weighted by Crippen LogP contribution is 2.30. The number of carbonyl (C=O) groups excluding carboxylic acids is 1. The molecule has 1 unspecified atom stereocenters. The Morgan fingerprint density at radius 1 is 1.13 bits per heavy atom. The summed E-state index contributed by atoms with van der Waals surface area (Å²) in [5, 5.41) is 15.1. The summed E-state index contributed by atoms with van der Waals surface area (Å²) < 4.78 is 0. The minimum atomic E-state index is -0.627. The molecule has 2 heterocycles. The molecule has 0 radical (unpaired) electrons. The van der Waals surface area contributed by atoms with Crippen molar-refractivity contribution in [3.8, 4) is 5.69 Å². The third-order valence-electron chi connectivity index (χ3n) is 5.14. The Labute approximate surface area is 178 Å². The van der Waals surface area contributed by atoms with Gasteiger partial charge in [-0.25, -0.2) is 4.98 Å². The molecule has 9 nitrogen and oxygen atoms in total. The molecule has 1 amide bonds. The molecule has 30 heavy (non-hydrogen) atoms. The first-order valence-electron chi connectivity index (χ1n) is 9.77. The number of nitrogens with zero attached hydrogens (tertiary/aromatic N) is 4. The highest BCUT2D eigenvalue weighted by Gasteiger charge is 2.24. The highest BCUT2D eigenvalue weighted by atomic mass is 35.5. The van der Waals surface area contributed by atoms with Gasteiger partial charge in [-0.3, -0.25) is 4.79 Å². The van der Waals surface area contributed by atoms with Crippen molar-refractivity contribution in [2.75, 3.05) is 10.6 Å². The van der Waals surface area contributed by atoms with E-state index in [9.17, 15) is 4.79 Å². The number of rotatable bonds is 6. The quantitative estimate of drug-likeness (QED) is 0.475. The molecule has 1 fully saturated rings. The van der Waals surface area contributed by atoms with Crippen molar-refractivity contribution < 1.29 is 4.79 Å². The van der Waals surface area contributed by atoms with E-state index in [1.54, 1.807) is 12.4 Å². The lowest BCUT2D eigenvalue weighted by atomic mass is 9.91. The molecule has 2 atom stereocenters. The van der Waals surface area contributed by atoms with Crippen LogP contribution >= 0.6 is 11.6 Å². The van der Waals surface area contributed by atoms with Gasteiger partial charge in [0.15, 0.2) is 0 Å². The van der Waals surface area contributed by atoms with Crippen LogP contribution in [0, 0.1) is 0 Å². The number of anilines is 3. The molecule has 0 aliphatic heterocycles. The number of pyridine rings is 1. The summed E-state index contributed by atoms with van der Waals surface area (Å²) >= 11 is 6.39. The number of nitrogens with two attached hydrogens (primary N) is 2. The predicted octanol–water partition coefficient (Wildman–Crippen LogP) is 2.84. The van der Waals surface area contributed by atoms with E-state index >= 15 is 0 Å². The summed E-state index contributed by atoms with van der Waals surface area (Å²) in [4.78, 5) is 18.0. The SMILES string of the molecule is NC(=O)c1cc(Cl)c(NC2CCCC[C@@H]2N)nc1Nc1cccc(-n2nccn2)c1. The highest BCUT2D eigenvalue weighted by molar-refractivity contribution is 6.33. The van der Waals surface area contributed by atoms with E-state index in [1.165, 1.54) is 10.9 Å². The van der Waals surface area contributed by atoms with Gasteiger partial charge in [0.05, 0.1) is 28.7 Å². The summed E-state index contributed by atoms with van der Waals surface area (Å²) in [6.07, 6.45) is 7.31. The van der Waals surface area contributed by atoms with Gasteiger partial charge in [0, 0.05) is 17.8 Å². The summed E-state index contributed by atoms with van der Waals surface area (Å²) in [7, 11) is 0. The van der Waals surface area contributed by atoms with E-state index in [2.05, 4.69) is 25.8 Å². The lowest BCUT2D eigenvalue weighted by Crippen LogP contribution is -2.42. The predicted molar refractivity (Wildman–Crippen MR) is 116 cm³/mol. The van der Waals surface area contributed by atoms with E-state index in [0.717, 1.165) is 31.4 Å². The monoisotopic (exact) mass is 426 g/mol. The Balaban J connectivity index is 1.64. The van der Waals surface area contributed by atoms with Gasteiger partial charge in [0.1, 0.15) is 11.6 Å². The van der Waals surface area contributed by atoms with Gasteiger partial charge in [0.25, 0.3) is 5.91 Å². The van der Waals surface area contributed by atoms with Crippen molar-refractivity contribution >= 4 is 34.8 Å². The standard InChI is InChI=1S/C20H23ClN8O/c21-15-11-14(18(23)30)19(28-20(15)27-17-7-2-1-6-16(17)22)26-12-4-3-5-13(10-12)29-24-8-9-25-29/h3-5,8-11,16-17H,1-2,6-7,22H2,(H2,23,30)(H2,26,27,28)/t16-,17?/m0/s1. The van der Waals surface area contributed by atoms with Crippen molar-refractivity contribution in [1.29, 1.82) is 0 Å². The third kappa shape index (κ3) is 4.37. The van der Waals surface area contributed by atoms with Crippen molar-refractivity contribution in [2.45, 2.75) is 37.8 Å². The van der Waals surface area contributed by atoms with Gasteiger partial charge in [-0.1, -0.05) is 30.5 Å². The second-order valence-electron chi connectivity index (χ2n) is 7.27. The van der Waals surface area contributed by atoms with Crippen LogP contribution in [0.4, 0.5) is 17.3 Å². The third-order valence-corrected chi connectivity index (χ3v) is 5.43. The van der Waals surface area contributed by atoms with E-state index in [0.29, 0.717) is 22.3 Å². The van der Waals surface area contributed by atoms with Gasteiger partial charge in [-0.05, 0) is 37.1 Å². The molecule has 10 heteroatoms. The summed E-state index contributed by atoms with van der Waals surface area (Å²) in [5.41, 5.74) is 13.4. The van der Waals surface area contributed by atoms with Crippen molar-refractivity contribution in [3.63, 3.8) is 0 Å². The molecule has 0 bridgehead atoms. The Hall–Kier alpha value is -3.17. The fraction of sp³-hybridized carbons (Fsp3) is 0.300. The number of aromatic nitrogens is 4. The van der Waals surface area contributed by atoms with Crippen LogP contribution in [-0.4, -0.2) is 38.0 Å². The molecule has 2 aromatic heterocycles. The first-order chi connectivity index (χ1) is 14.5. The molecule has 0 spiro atoms. The second-order valence-corrected chi connectivity index (χ2v) is 7.68. The molecule has 1 saturated carbocycles. The maximum Gasteiger partial charge on any atom is 0.252 e.